The SMILES string of the molecule is [B][C@H]1CC(OC(C)=O)/C(=C\OC(C)=O)O1. The third-order valence-electron chi connectivity index (χ3n) is 1.70. The summed E-state index contributed by atoms with van der Waals surface area (Å²) in [5.41, 5.74) is 0. The fraction of sp³-hybridized carbons (Fsp3) is 0.556. The Labute approximate surface area is 88.8 Å². The van der Waals surface area contributed by atoms with E-state index in [-0.39, 0.29) is 5.76 Å². The first kappa shape index (κ1) is 11.6. The molecule has 1 rings (SSSR count). The summed E-state index contributed by atoms with van der Waals surface area (Å²) in [5, 5.41) is 0. The van der Waals surface area contributed by atoms with Crippen molar-refractivity contribution in [2.75, 3.05) is 0 Å². The number of carbonyl (C=O) groups excluding carboxylic acids is 2. The monoisotopic (exact) mass is 210 g/mol. The van der Waals surface area contributed by atoms with E-state index in [4.69, 9.17) is 17.3 Å². The maximum absolute atomic E-state index is 10.7. The van der Waals surface area contributed by atoms with Crippen LogP contribution in [0.1, 0.15) is 20.3 Å². The van der Waals surface area contributed by atoms with Crippen LogP contribution in [0.3, 0.4) is 0 Å². The minimum atomic E-state index is -0.572. The van der Waals surface area contributed by atoms with Crippen LogP contribution in [0, 0.1) is 0 Å². The average Bonchev–Trinajstić information content (AvgIpc) is 2.41. The van der Waals surface area contributed by atoms with Crippen molar-refractivity contribution in [1.29, 1.82) is 0 Å². The lowest BCUT2D eigenvalue weighted by atomic mass is 9.96. The molecule has 1 heterocycles. The van der Waals surface area contributed by atoms with Crippen LogP contribution in [-0.4, -0.2) is 31.9 Å². The molecule has 0 amide bonds. The van der Waals surface area contributed by atoms with Crippen LogP contribution in [0.5, 0.6) is 0 Å². The molecule has 0 aromatic heterocycles. The Balaban J connectivity index is 2.63. The van der Waals surface area contributed by atoms with Gasteiger partial charge in [-0.1, -0.05) is 0 Å². The number of ether oxygens (including phenoxy) is 3. The van der Waals surface area contributed by atoms with Crippen LogP contribution >= 0.6 is 0 Å². The van der Waals surface area contributed by atoms with Gasteiger partial charge < -0.3 is 14.2 Å². The van der Waals surface area contributed by atoms with Gasteiger partial charge in [0.2, 0.25) is 0 Å². The zero-order valence-corrected chi connectivity index (χ0v) is 8.56. The maximum atomic E-state index is 10.7. The van der Waals surface area contributed by atoms with Crippen LogP contribution in [0.2, 0.25) is 0 Å². The van der Waals surface area contributed by atoms with Gasteiger partial charge >= 0.3 is 11.9 Å². The van der Waals surface area contributed by atoms with E-state index in [9.17, 15) is 9.59 Å². The molecule has 0 saturated carbocycles. The first-order valence-corrected chi connectivity index (χ1v) is 4.45. The first-order valence-electron chi connectivity index (χ1n) is 4.45. The fourth-order valence-electron chi connectivity index (χ4n) is 1.18. The van der Waals surface area contributed by atoms with Gasteiger partial charge in [-0.05, 0) is 0 Å². The van der Waals surface area contributed by atoms with E-state index < -0.39 is 24.0 Å². The quantitative estimate of drug-likeness (QED) is 0.371. The van der Waals surface area contributed by atoms with E-state index in [0.717, 1.165) is 6.26 Å². The van der Waals surface area contributed by atoms with Gasteiger partial charge in [-0.25, -0.2) is 0 Å². The highest BCUT2D eigenvalue weighted by atomic mass is 16.6. The third-order valence-corrected chi connectivity index (χ3v) is 1.70. The Hall–Kier alpha value is -1.46. The largest absolute Gasteiger partial charge is 0.498 e. The zero-order valence-electron chi connectivity index (χ0n) is 8.56. The standard InChI is InChI=1S/C9H11BO5/c1-5(11)13-4-8-7(14-6(2)12)3-9(10)15-8/h4,7,9H,3H2,1-2H3/b8-4+/t7?,9-/m1/s1. The van der Waals surface area contributed by atoms with Crippen molar-refractivity contribution >= 4 is 19.8 Å². The third kappa shape index (κ3) is 3.65. The van der Waals surface area contributed by atoms with Gasteiger partial charge in [-0.15, -0.1) is 0 Å². The summed E-state index contributed by atoms with van der Waals surface area (Å²) < 4.78 is 14.6. The van der Waals surface area contributed by atoms with Gasteiger partial charge in [0.1, 0.15) is 14.1 Å². The summed E-state index contributed by atoms with van der Waals surface area (Å²) in [4.78, 5) is 21.3. The molecule has 1 fully saturated rings. The molecule has 2 radical (unpaired) electrons. The van der Waals surface area contributed by atoms with Gasteiger partial charge in [0.15, 0.2) is 11.9 Å². The summed E-state index contributed by atoms with van der Waals surface area (Å²) >= 11 is 0. The number of hydrogen-bond donors (Lipinski definition) is 0. The smallest absolute Gasteiger partial charge is 0.307 e. The molecule has 2 atom stereocenters. The molecule has 15 heavy (non-hydrogen) atoms. The maximum Gasteiger partial charge on any atom is 0.307 e. The van der Waals surface area contributed by atoms with Crippen molar-refractivity contribution in [3.8, 4) is 0 Å². The molecular weight excluding hydrogens is 199 g/mol. The molecule has 1 unspecified atom stereocenters. The van der Waals surface area contributed by atoms with Gasteiger partial charge in [0, 0.05) is 20.3 Å². The Morgan fingerprint density at radius 3 is 2.67 bits per heavy atom. The predicted molar refractivity (Wildman–Crippen MR) is 50.6 cm³/mol. The second kappa shape index (κ2) is 4.86. The Morgan fingerprint density at radius 1 is 1.47 bits per heavy atom. The van der Waals surface area contributed by atoms with Crippen LogP contribution < -0.4 is 0 Å². The lowest BCUT2D eigenvalue weighted by molar-refractivity contribution is -0.144. The van der Waals surface area contributed by atoms with Gasteiger partial charge in [0.05, 0.1) is 6.00 Å². The lowest BCUT2D eigenvalue weighted by Gasteiger charge is -2.09. The molecule has 1 aliphatic heterocycles. The molecule has 5 nitrogen and oxygen atoms in total. The van der Waals surface area contributed by atoms with Crippen molar-refractivity contribution < 1.29 is 23.8 Å². The van der Waals surface area contributed by atoms with Crippen molar-refractivity contribution in [2.24, 2.45) is 0 Å². The van der Waals surface area contributed by atoms with E-state index in [1.54, 1.807) is 0 Å². The topological polar surface area (TPSA) is 61.8 Å². The number of hydrogen-bond acceptors (Lipinski definition) is 5. The fourth-order valence-corrected chi connectivity index (χ4v) is 1.18. The predicted octanol–water partition coefficient (Wildman–Crippen LogP) is 0.238. The number of rotatable bonds is 2. The highest BCUT2D eigenvalue weighted by Crippen LogP contribution is 2.25. The summed E-state index contributed by atoms with van der Waals surface area (Å²) in [5.74, 6) is -0.660. The molecule has 80 valence electrons. The molecule has 6 heteroatoms. The first-order chi connectivity index (χ1) is 6.99. The molecule has 0 aromatic rings. The molecule has 0 bridgehead atoms. The molecule has 1 saturated heterocycles. The second-order valence-electron chi connectivity index (χ2n) is 3.12. The second-order valence-corrected chi connectivity index (χ2v) is 3.12. The van der Waals surface area contributed by atoms with E-state index in [1.807, 2.05) is 0 Å². The summed E-state index contributed by atoms with van der Waals surface area (Å²) in [6, 6.07) is -0.545. The van der Waals surface area contributed by atoms with Crippen molar-refractivity contribution in [2.45, 2.75) is 32.4 Å². The molecular formula is C9H11BO5. The zero-order chi connectivity index (χ0) is 11.4. The van der Waals surface area contributed by atoms with E-state index in [1.165, 1.54) is 13.8 Å². The summed E-state index contributed by atoms with van der Waals surface area (Å²) in [7, 11) is 5.50. The normalized spacial score (nSPS) is 27.2. The van der Waals surface area contributed by atoms with Crippen LogP contribution in [0.25, 0.3) is 0 Å². The van der Waals surface area contributed by atoms with Gasteiger partial charge in [0.25, 0.3) is 0 Å². The Morgan fingerprint density at radius 2 is 2.13 bits per heavy atom. The molecule has 0 N–H and O–H groups in total. The van der Waals surface area contributed by atoms with E-state index >= 15 is 0 Å². The van der Waals surface area contributed by atoms with Crippen LogP contribution in [-0.2, 0) is 23.8 Å². The molecule has 1 aliphatic rings. The van der Waals surface area contributed by atoms with Crippen molar-refractivity contribution in [3.63, 3.8) is 0 Å². The Bertz CT molecular complexity index is 299. The van der Waals surface area contributed by atoms with Crippen molar-refractivity contribution in [1.82, 2.24) is 0 Å². The highest BCUT2D eigenvalue weighted by molar-refractivity contribution is 6.11. The molecule has 0 aliphatic carbocycles. The van der Waals surface area contributed by atoms with Gasteiger partial charge in [-0.2, -0.15) is 0 Å². The van der Waals surface area contributed by atoms with Crippen molar-refractivity contribution in [3.05, 3.63) is 12.0 Å². The van der Waals surface area contributed by atoms with Crippen LogP contribution in [0.4, 0.5) is 0 Å². The number of esters is 2. The van der Waals surface area contributed by atoms with E-state index in [0.29, 0.717) is 6.42 Å². The summed E-state index contributed by atoms with van der Waals surface area (Å²) in [6.45, 7) is 2.54. The minimum Gasteiger partial charge on any atom is -0.498 e. The van der Waals surface area contributed by atoms with Crippen LogP contribution in [0.15, 0.2) is 12.0 Å². The highest BCUT2D eigenvalue weighted by Gasteiger charge is 2.31. The molecule has 0 aromatic carbocycles. The minimum absolute atomic E-state index is 0.257. The molecule has 0 spiro atoms. The van der Waals surface area contributed by atoms with Gasteiger partial charge in [-0.3, -0.25) is 9.59 Å². The lowest BCUT2D eigenvalue weighted by Crippen LogP contribution is -2.15. The average molecular weight is 210 g/mol. The van der Waals surface area contributed by atoms with E-state index in [2.05, 4.69) is 4.74 Å². The Kier molecular flexibility index (Phi) is 3.77. The summed E-state index contributed by atoms with van der Waals surface area (Å²) in [6.07, 6.45) is 0.895. The number of carbonyl (C=O) groups is 2.